The van der Waals surface area contributed by atoms with Crippen LogP contribution in [0.4, 0.5) is 0 Å². The average molecular weight is 1490 g/mol. The molecule has 0 atom stereocenters. The predicted octanol–water partition coefficient (Wildman–Crippen LogP) is 20.5. The van der Waals surface area contributed by atoms with Crippen molar-refractivity contribution in [2.45, 2.75) is 302 Å². The van der Waals surface area contributed by atoms with Gasteiger partial charge in [0.25, 0.3) is 0 Å². The lowest BCUT2D eigenvalue weighted by Gasteiger charge is -1.93. The molecule has 0 unspecified atom stereocenters. The zero-order valence-corrected chi connectivity index (χ0v) is 72.0. The van der Waals surface area contributed by atoms with E-state index in [0.29, 0.717) is 25.0 Å². The molecule has 604 valence electrons. The van der Waals surface area contributed by atoms with E-state index in [1.54, 1.807) is 53.1 Å². The molecule has 0 saturated heterocycles. The molecule has 18 nitrogen and oxygen atoms in total. The Morgan fingerprint density at radius 2 is 0.971 bits per heavy atom. The van der Waals surface area contributed by atoms with Gasteiger partial charge in [-0.05, 0) is 156 Å². The van der Waals surface area contributed by atoms with Crippen LogP contribution in [0.1, 0.15) is 292 Å². The lowest BCUT2D eigenvalue weighted by molar-refractivity contribution is -0.137. The minimum atomic E-state index is -0.745. The molecule has 2 aromatic heterocycles. The first-order chi connectivity index (χ1) is 48.1. The van der Waals surface area contributed by atoms with Crippen LogP contribution in [0.25, 0.3) is 10.9 Å². The Hall–Kier alpha value is -6.06. The van der Waals surface area contributed by atoms with E-state index in [4.69, 9.17) is 48.5 Å². The SMILES string of the molecule is CC.CC(C)C.CC(C)O.CCC(=O)O.CCC(C)C.CCC(C)C.CCC(N)=O.CCCC(=O)O.CCCC(N)=O.CCCCCN.CCCCN=C(N)N.CCCSC.CCO.CCS.CCc1c[nH]c2ccccc12.CCc1ccc(O)cc1.CCc1ccccc1.CCc1cnc[nH]1. The second-order valence-corrected chi connectivity index (χ2v) is 24.8. The van der Waals surface area contributed by atoms with E-state index in [0.717, 1.165) is 88.0 Å². The summed E-state index contributed by atoms with van der Waals surface area (Å²) >= 11 is 5.69. The fraction of sp³-hybridized carbons (Fsp3) is 0.659. The van der Waals surface area contributed by atoms with E-state index in [2.05, 4.69) is 210 Å². The highest BCUT2D eigenvalue weighted by atomic mass is 32.2. The van der Waals surface area contributed by atoms with Gasteiger partial charge in [0.1, 0.15) is 5.75 Å². The Kier molecular flexibility index (Phi) is 140. The van der Waals surface area contributed by atoms with Crippen LogP contribution in [-0.2, 0) is 44.9 Å². The van der Waals surface area contributed by atoms with Gasteiger partial charge in [-0.25, -0.2) is 4.98 Å². The van der Waals surface area contributed by atoms with Crippen LogP contribution in [0.2, 0.25) is 0 Å². The van der Waals surface area contributed by atoms with E-state index in [1.165, 1.54) is 77.6 Å². The summed E-state index contributed by atoms with van der Waals surface area (Å²) in [6.45, 7) is 54.8. The second-order valence-electron chi connectivity index (χ2n) is 23.1. The highest BCUT2D eigenvalue weighted by molar-refractivity contribution is 7.98. The van der Waals surface area contributed by atoms with Gasteiger partial charge in [0.05, 0.1) is 6.33 Å². The number of guanidine groups is 1. The number of imidazole rings is 1. The van der Waals surface area contributed by atoms with Gasteiger partial charge in [-0.2, -0.15) is 24.4 Å². The number of phenols is 1. The number of aromatic amines is 2. The van der Waals surface area contributed by atoms with Crippen molar-refractivity contribution in [2.75, 3.05) is 37.5 Å². The number of thioether (sulfide) groups is 1. The van der Waals surface area contributed by atoms with Gasteiger partial charge < -0.3 is 64.2 Å². The molecule has 20 heteroatoms. The van der Waals surface area contributed by atoms with Crippen molar-refractivity contribution in [2.24, 2.45) is 51.4 Å². The minimum absolute atomic E-state index is 0.167. The number of unbranched alkanes of at least 4 members (excludes halogenated alkanes) is 3. The van der Waals surface area contributed by atoms with Gasteiger partial charge in [0, 0.05) is 73.9 Å². The summed E-state index contributed by atoms with van der Waals surface area (Å²) in [5.41, 5.74) is 31.3. The number of aliphatic imine (C=N–C) groups is 1. The van der Waals surface area contributed by atoms with E-state index >= 15 is 0 Å². The van der Waals surface area contributed by atoms with E-state index < -0.39 is 11.9 Å². The van der Waals surface area contributed by atoms with Crippen molar-refractivity contribution in [3.63, 3.8) is 0 Å². The number of carbonyl (C=O) groups is 4. The first-order valence-electron chi connectivity index (χ1n) is 37.6. The van der Waals surface area contributed by atoms with E-state index in [1.807, 2.05) is 70.8 Å². The van der Waals surface area contributed by atoms with Crippen LogP contribution < -0.4 is 28.7 Å². The molecule has 0 fully saturated rings. The van der Waals surface area contributed by atoms with Crippen LogP contribution >= 0.6 is 24.4 Å². The van der Waals surface area contributed by atoms with Crippen molar-refractivity contribution in [1.82, 2.24) is 15.0 Å². The third-order valence-corrected chi connectivity index (χ3v) is 11.7. The summed E-state index contributed by atoms with van der Waals surface area (Å²) in [6.07, 6.45) is 24.8. The molecular weight excluding hydrogens is 1320 g/mol. The fourth-order valence-electron chi connectivity index (χ4n) is 4.77. The molecule has 0 aliphatic carbocycles. The number of aromatic hydroxyl groups is 1. The van der Waals surface area contributed by atoms with Gasteiger partial charge >= 0.3 is 11.9 Å². The van der Waals surface area contributed by atoms with Gasteiger partial charge in [0.2, 0.25) is 11.8 Å². The molecule has 5 rings (SSSR count). The maximum Gasteiger partial charge on any atom is 0.303 e. The number of aliphatic carboxylic acids is 2. The fourth-order valence-corrected chi connectivity index (χ4v) is 5.18. The van der Waals surface area contributed by atoms with Crippen molar-refractivity contribution in [1.29, 1.82) is 0 Å². The largest absolute Gasteiger partial charge is 0.508 e. The number of rotatable bonds is 20. The minimum Gasteiger partial charge on any atom is -0.508 e. The number of para-hydroxylation sites is 1. The Morgan fingerprint density at radius 3 is 1.19 bits per heavy atom. The maximum absolute atomic E-state index is 9.82. The average Bonchev–Trinajstić information content (AvgIpc) is 1.70. The number of aryl methyl sites for hydroxylation is 4. The van der Waals surface area contributed by atoms with Gasteiger partial charge in [-0.15, -0.1) is 0 Å². The number of carboxylic acids is 2. The van der Waals surface area contributed by atoms with Crippen LogP contribution in [0, 0.1) is 17.8 Å². The van der Waals surface area contributed by atoms with E-state index in [9.17, 15) is 19.2 Å². The zero-order valence-electron chi connectivity index (χ0n) is 70.3. The predicted molar refractivity (Wildman–Crippen MR) is 458 cm³/mol. The highest BCUT2D eigenvalue weighted by Gasteiger charge is 1.98. The molecule has 2 heterocycles. The molecule has 102 heavy (non-hydrogen) atoms. The number of H-pyrrole nitrogens is 2. The summed E-state index contributed by atoms with van der Waals surface area (Å²) < 4.78 is 0. The molecule has 3 aromatic carbocycles. The van der Waals surface area contributed by atoms with Gasteiger partial charge in [-0.3, -0.25) is 24.2 Å². The standard InChI is InChI=1S/C10H11N.C8H10O.C8H10.C5H13N3.C5H8N2.C5H13N.2C5H12.C4H9NO.C4H8O2.C4H10S.C4H10.C3H7NO.C3H6O2.C3H8O.C2H6O.C2H6S.C2H6/c1-2-8-7-11-10-6-4-3-5-9(8)10;1-2-7-3-5-8(9)6-4-7;1-2-8-6-4-3-5-7-8;1-2-3-4-8-5(6)7;1-2-5-3-6-4-7-5;1-2-3-4-5-6;2*1-4-5(2)3;2*1-2-3-4(5)6;1-3-4-5-2;1-4(2)3;2*1-2-3(4)5;1-3(2)4;2*1-2-3;1-2/h3-7,11H,2H2,1H3;3-6,9H,2H2,1H3;3-7H,2H2,1H3;2-4H2,1H3,(H4,6,7,8);3-4H,2H2,1H3,(H,6,7);2-6H2,1H3;2*5H,4H2,1-3H3;2-3H2,1H3,(H2,5,6);2-3H2,1H3,(H,5,6);3-4H2,1-2H3;4H,1-3H3;2H2,1H3,(H2,4,5);2H2,1H3,(H,4,5);3-4H,1-2H3;2*3H,2H2,1H3;1-2H3. The zero-order chi connectivity index (χ0) is 82.4. The number of carbonyl (C=O) groups excluding carboxylic acids is 2. The molecule has 5 aromatic rings. The molecule has 2 amide bonds. The first kappa shape index (κ1) is 126. The number of primary amides is 2. The quantitative estimate of drug-likeness (QED) is 0.0149. The molecular formula is C82H165N9O9S2. The lowest BCUT2D eigenvalue weighted by atomic mass is 10.1. The Bertz CT molecular complexity index is 2240. The smallest absolute Gasteiger partial charge is 0.303 e. The normalized spacial score (nSPS) is 8.70. The number of thiol groups is 1. The number of benzene rings is 3. The number of aromatic nitrogens is 3. The molecule has 0 spiro atoms. The van der Waals surface area contributed by atoms with Crippen molar-refractivity contribution >= 4 is 65.0 Å². The molecule has 0 bridgehead atoms. The van der Waals surface area contributed by atoms with Gasteiger partial charge in [0.15, 0.2) is 5.96 Å². The number of amides is 2. The second kappa shape index (κ2) is 113. The van der Waals surface area contributed by atoms with Crippen LogP contribution in [-0.4, -0.2) is 114 Å². The number of aliphatic hydroxyl groups is 2. The Balaban J connectivity index is -0.0000000757. The molecule has 0 aliphatic rings. The highest BCUT2D eigenvalue weighted by Crippen LogP contribution is 2.17. The number of aliphatic hydroxyl groups excluding tert-OH is 2. The third-order valence-electron chi connectivity index (χ3n) is 10.9. The summed E-state index contributed by atoms with van der Waals surface area (Å²) in [5.74, 6) is 3.47. The monoisotopic (exact) mass is 1480 g/mol. The number of hydrogen-bond donors (Lipinski definition) is 13. The maximum atomic E-state index is 9.82. The van der Waals surface area contributed by atoms with Crippen molar-refractivity contribution < 1.29 is 44.7 Å². The molecule has 0 radical (unpaired) electrons. The third kappa shape index (κ3) is 161. The topological polar surface area (TPSA) is 356 Å². The lowest BCUT2D eigenvalue weighted by Crippen LogP contribution is -2.22. The number of phenolic OH excluding ortho intramolecular Hbond substituents is 1. The van der Waals surface area contributed by atoms with E-state index in [-0.39, 0.29) is 36.9 Å². The summed E-state index contributed by atoms with van der Waals surface area (Å²) in [4.78, 5) is 52.2. The van der Waals surface area contributed by atoms with Crippen molar-refractivity contribution in [3.05, 3.63) is 120 Å². The van der Waals surface area contributed by atoms with Gasteiger partial charge in [-0.1, -0.05) is 252 Å². The Labute approximate surface area is 637 Å². The molecule has 0 aliphatic heterocycles. The van der Waals surface area contributed by atoms with Crippen molar-refractivity contribution in [3.8, 4) is 5.75 Å². The summed E-state index contributed by atoms with van der Waals surface area (Å²) in [7, 11) is 0. The number of hydrogen-bond acceptors (Lipinski definition) is 12. The number of nitrogens with zero attached hydrogens (tertiary/aromatic N) is 2. The van der Waals surface area contributed by atoms with Crippen LogP contribution in [0.15, 0.2) is 103 Å². The number of nitrogens with one attached hydrogen (secondary N) is 2. The van der Waals surface area contributed by atoms with Crippen LogP contribution in [0.5, 0.6) is 5.75 Å². The molecule has 17 N–H and O–H groups in total. The number of carboxylic acid groups (broad SMARTS) is 2. The Morgan fingerprint density at radius 1 is 0.569 bits per heavy atom. The number of nitrogens with two attached hydrogens (primary N) is 5. The molecule has 0 saturated carbocycles. The number of fused-ring (bicyclic) bond motifs is 1. The van der Waals surface area contributed by atoms with Crippen LogP contribution in [0.3, 0.4) is 0 Å². The summed E-state index contributed by atoms with van der Waals surface area (Å²) in [6, 6.07) is 26.1. The first-order valence-corrected chi connectivity index (χ1v) is 39.6. The summed E-state index contributed by atoms with van der Waals surface area (Å²) in [5, 5.41) is 41.5.